The lowest BCUT2D eigenvalue weighted by molar-refractivity contribution is 0.0690. The van der Waals surface area contributed by atoms with Crippen molar-refractivity contribution < 1.29 is 9.90 Å². The number of carboxylic acid groups (broad SMARTS) is 1. The maximum atomic E-state index is 10.8. The number of nitrogens with one attached hydrogen (secondary N) is 1. The van der Waals surface area contributed by atoms with Crippen LogP contribution in [0.15, 0.2) is 18.2 Å². The molecule has 1 saturated heterocycles. The molecule has 1 aliphatic heterocycles. The molecule has 1 unspecified atom stereocenters. The van der Waals surface area contributed by atoms with Crippen LogP contribution in [0.1, 0.15) is 23.3 Å². The van der Waals surface area contributed by atoms with E-state index >= 15 is 0 Å². The number of carbonyl (C=O) groups is 1. The highest BCUT2D eigenvalue weighted by Crippen LogP contribution is 2.20. The van der Waals surface area contributed by atoms with E-state index < -0.39 is 5.97 Å². The fourth-order valence-electron chi connectivity index (χ4n) is 1.70. The second-order valence-electron chi connectivity index (χ2n) is 3.77. The molecule has 1 atom stereocenters. The van der Waals surface area contributed by atoms with Gasteiger partial charge in [-0.3, -0.25) is 0 Å². The first-order valence-electron chi connectivity index (χ1n) is 5.30. The SMILES string of the molecule is O=C(O)c1cccc(NC2CCCSC2)n1. The Labute approximate surface area is 98.5 Å². The van der Waals surface area contributed by atoms with Crippen LogP contribution < -0.4 is 5.32 Å². The molecule has 2 rings (SSSR count). The lowest BCUT2D eigenvalue weighted by Crippen LogP contribution is -2.26. The molecule has 86 valence electrons. The molecular formula is C11H14N2O2S. The fourth-order valence-corrected chi connectivity index (χ4v) is 2.77. The van der Waals surface area contributed by atoms with Crippen molar-refractivity contribution in [1.29, 1.82) is 0 Å². The number of hydrogen-bond acceptors (Lipinski definition) is 4. The Kier molecular flexibility index (Phi) is 3.66. The molecule has 0 aromatic carbocycles. The third kappa shape index (κ3) is 2.88. The Morgan fingerprint density at radius 1 is 1.56 bits per heavy atom. The van der Waals surface area contributed by atoms with E-state index in [2.05, 4.69) is 10.3 Å². The van der Waals surface area contributed by atoms with Crippen molar-refractivity contribution in [2.45, 2.75) is 18.9 Å². The summed E-state index contributed by atoms with van der Waals surface area (Å²) in [6.45, 7) is 0. The monoisotopic (exact) mass is 238 g/mol. The van der Waals surface area contributed by atoms with Crippen molar-refractivity contribution in [3.63, 3.8) is 0 Å². The van der Waals surface area contributed by atoms with E-state index in [1.165, 1.54) is 18.2 Å². The topological polar surface area (TPSA) is 62.2 Å². The molecule has 2 N–H and O–H groups in total. The molecule has 0 aliphatic carbocycles. The van der Waals surface area contributed by atoms with Crippen LogP contribution in [0, 0.1) is 0 Å². The Hall–Kier alpha value is -1.23. The number of anilines is 1. The number of hydrogen-bond donors (Lipinski definition) is 2. The summed E-state index contributed by atoms with van der Waals surface area (Å²) in [4.78, 5) is 14.8. The zero-order chi connectivity index (χ0) is 11.4. The smallest absolute Gasteiger partial charge is 0.354 e. The molecule has 0 amide bonds. The van der Waals surface area contributed by atoms with Crippen LogP contribution in [-0.2, 0) is 0 Å². The molecule has 0 spiro atoms. The highest BCUT2D eigenvalue weighted by atomic mass is 32.2. The molecule has 1 fully saturated rings. The molecule has 0 saturated carbocycles. The van der Waals surface area contributed by atoms with Gasteiger partial charge >= 0.3 is 5.97 Å². The zero-order valence-electron chi connectivity index (χ0n) is 8.85. The van der Waals surface area contributed by atoms with Crippen molar-refractivity contribution in [1.82, 2.24) is 4.98 Å². The first-order chi connectivity index (χ1) is 7.75. The van der Waals surface area contributed by atoms with Crippen molar-refractivity contribution >= 4 is 23.5 Å². The molecule has 4 nitrogen and oxygen atoms in total. The molecule has 16 heavy (non-hydrogen) atoms. The van der Waals surface area contributed by atoms with E-state index in [-0.39, 0.29) is 5.69 Å². The Morgan fingerprint density at radius 2 is 2.44 bits per heavy atom. The number of aromatic carboxylic acids is 1. The lowest BCUT2D eigenvalue weighted by atomic mass is 10.2. The van der Waals surface area contributed by atoms with E-state index in [9.17, 15) is 4.79 Å². The molecule has 2 heterocycles. The van der Waals surface area contributed by atoms with Crippen LogP contribution in [0.2, 0.25) is 0 Å². The predicted molar refractivity (Wildman–Crippen MR) is 65.2 cm³/mol. The summed E-state index contributed by atoms with van der Waals surface area (Å²) in [5, 5.41) is 12.1. The largest absolute Gasteiger partial charge is 0.477 e. The van der Waals surface area contributed by atoms with E-state index in [4.69, 9.17) is 5.11 Å². The number of carboxylic acids is 1. The fraction of sp³-hybridized carbons (Fsp3) is 0.455. The third-order valence-corrected chi connectivity index (χ3v) is 3.70. The van der Waals surface area contributed by atoms with E-state index in [1.807, 2.05) is 17.8 Å². The quantitative estimate of drug-likeness (QED) is 0.844. The summed E-state index contributed by atoms with van der Waals surface area (Å²) < 4.78 is 0. The van der Waals surface area contributed by atoms with Gasteiger partial charge in [0.1, 0.15) is 5.82 Å². The summed E-state index contributed by atoms with van der Waals surface area (Å²) in [7, 11) is 0. The number of aromatic nitrogens is 1. The number of thioether (sulfide) groups is 1. The minimum Gasteiger partial charge on any atom is -0.477 e. The molecule has 1 aliphatic rings. The van der Waals surface area contributed by atoms with Crippen molar-refractivity contribution in [2.75, 3.05) is 16.8 Å². The van der Waals surface area contributed by atoms with Gasteiger partial charge in [0.2, 0.25) is 0 Å². The lowest BCUT2D eigenvalue weighted by Gasteiger charge is -2.22. The van der Waals surface area contributed by atoms with Gasteiger partial charge in [-0.05, 0) is 30.7 Å². The van der Waals surface area contributed by atoms with Crippen LogP contribution in [0.3, 0.4) is 0 Å². The van der Waals surface area contributed by atoms with Crippen LogP contribution >= 0.6 is 11.8 Å². The van der Waals surface area contributed by atoms with Crippen LogP contribution in [0.5, 0.6) is 0 Å². The third-order valence-electron chi connectivity index (χ3n) is 2.48. The number of pyridine rings is 1. The first-order valence-corrected chi connectivity index (χ1v) is 6.46. The zero-order valence-corrected chi connectivity index (χ0v) is 9.67. The molecule has 0 bridgehead atoms. The summed E-state index contributed by atoms with van der Waals surface area (Å²) in [5.74, 6) is 1.97. The molecular weight excluding hydrogens is 224 g/mol. The van der Waals surface area contributed by atoms with Gasteiger partial charge in [0.05, 0.1) is 0 Å². The van der Waals surface area contributed by atoms with Gasteiger partial charge in [-0.1, -0.05) is 6.07 Å². The van der Waals surface area contributed by atoms with Crippen molar-refractivity contribution in [2.24, 2.45) is 0 Å². The van der Waals surface area contributed by atoms with Gasteiger partial charge in [0.15, 0.2) is 5.69 Å². The van der Waals surface area contributed by atoms with Gasteiger partial charge in [-0.25, -0.2) is 9.78 Å². The summed E-state index contributed by atoms with van der Waals surface area (Å²) in [6.07, 6.45) is 2.34. The predicted octanol–water partition coefficient (Wildman–Crippen LogP) is 2.09. The van der Waals surface area contributed by atoms with Crippen LogP contribution in [-0.4, -0.2) is 33.6 Å². The second kappa shape index (κ2) is 5.21. The average molecular weight is 238 g/mol. The van der Waals surface area contributed by atoms with Crippen molar-refractivity contribution in [3.8, 4) is 0 Å². The summed E-state index contributed by atoms with van der Waals surface area (Å²) in [5.41, 5.74) is 0.0912. The van der Waals surface area contributed by atoms with E-state index in [0.29, 0.717) is 11.9 Å². The Balaban J connectivity index is 2.02. The number of nitrogens with zero attached hydrogens (tertiary/aromatic N) is 1. The highest BCUT2D eigenvalue weighted by molar-refractivity contribution is 7.99. The van der Waals surface area contributed by atoms with E-state index in [1.54, 1.807) is 6.07 Å². The Morgan fingerprint density at radius 3 is 3.12 bits per heavy atom. The van der Waals surface area contributed by atoms with E-state index in [0.717, 1.165) is 12.2 Å². The normalized spacial score (nSPS) is 20.4. The molecule has 1 aromatic heterocycles. The molecule has 5 heteroatoms. The van der Waals surface area contributed by atoms with Gasteiger partial charge in [-0.15, -0.1) is 0 Å². The van der Waals surface area contributed by atoms with Gasteiger partial charge < -0.3 is 10.4 Å². The molecule has 0 radical (unpaired) electrons. The van der Waals surface area contributed by atoms with Gasteiger partial charge in [-0.2, -0.15) is 11.8 Å². The van der Waals surface area contributed by atoms with Crippen molar-refractivity contribution in [3.05, 3.63) is 23.9 Å². The standard InChI is InChI=1S/C11H14N2O2S/c14-11(15)9-4-1-5-10(13-9)12-8-3-2-6-16-7-8/h1,4-5,8H,2-3,6-7H2,(H,12,13)(H,14,15). The van der Waals surface area contributed by atoms with Gasteiger partial charge in [0, 0.05) is 11.8 Å². The minimum absolute atomic E-state index is 0.0912. The Bertz CT molecular complexity index is 378. The minimum atomic E-state index is -0.985. The molecule has 1 aromatic rings. The van der Waals surface area contributed by atoms with Gasteiger partial charge in [0.25, 0.3) is 0 Å². The maximum absolute atomic E-state index is 10.8. The second-order valence-corrected chi connectivity index (χ2v) is 4.92. The first kappa shape index (κ1) is 11.3. The average Bonchev–Trinajstić information content (AvgIpc) is 2.30. The van der Waals surface area contributed by atoms with Crippen LogP contribution in [0.4, 0.5) is 5.82 Å². The number of rotatable bonds is 3. The highest BCUT2D eigenvalue weighted by Gasteiger charge is 2.14. The van der Waals surface area contributed by atoms with Crippen LogP contribution in [0.25, 0.3) is 0 Å². The summed E-state index contributed by atoms with van der Waals surface area (Å²) in [6, 6.07) is 5.44. The summed E-state index contributed by atoms with van der Waals surface area (Å²) >= 11 is 1.93. The maximum Gasteiger partial charge on any atom is 0.354 e.